The summed E-state index contributed by atoms with van der Waals surface area (Å²) in [6, 6.07) is 0. The van der Waals surface area contributed by atoms with Gasteiger partial charge >= 0.3 is 5.97 Å². The van der Waals surface area contributed by atoms with Crippen molar-refractivity contribution in [3.8, 4) is 0 Å². The van der Waals surface area contributed by atoms with Gasteiger partial charge < -0.3 is 10.4 Å². The summed E-state index contributed by atoms with van der Waals surface area (Å²) in [5.41, 5.74) is 0.447. The smallest absolute Gasteiger partial charge is 0.347 e. The topological polar surface area (TPSA) is 123 Å². The third kappa shape index (κ3) is 3.31. The van der Waals surface area contributed by atoms with Gasteiger partial charge in [-0.15, -0.1) is 16.4 Å². The number of aromatic carboxylic acids is 1. The molecular weight excluding hydrogens is 272 g/mol. The largest absolute Gasteiger partial charge is 0.477 e. The Morgan fingerprint density at radius 1 is 1.53 bits per heavy atom. The number of hydrogen-bond donors (Lipinski definition) is 2. The molecule has 19 heavy (non-hydrogen) atoms. The lowest BCUT2D eigenvalue weighted by Gasteiger charge is -2.01. The van der Waals surface area contributed by atoms with Crippen molar-refractivity contribution in [1.82, 2.24) is 30.5 Å². The highest BCUT2D eigenvalue weighted by atomic mass is 32.1. The van der Waals surface area contributed by atoms with E-state index < -0.39 is 5.97 Å². The van der Waals surface area contributed by atoms with Crippen LogP contribution in [0.5, 0.6) is 0 Å². The van der Waals surface area contributed by atoms with E-state index in [1.807, 2.05) is 0 Å². The number of nitrogens with zero attached hydrogens (tertiary/aromatic N) is 5. The minimum Gasteiger partial charge on any atom is -0.477 e. The number of aromatic nitrogens is 5. The molecule has 0 radical (unpaired) electrons. The summed E-state index contributed by atoms with van der Waals surface area (Å²) in [5, 5.41) is 22.4. The van der Waals surface area contributed by atoms with Gasteiger partial charge in [-0.05, 0) is 17.4 Å². The van der Waals surface area contributed by atoms with Gasteiger partial charge in [0.15, 0.2) is 0 Å². The van der Waals surface area contributed by atoms with Crippen LogP contribution in [0.25, 0.3) is 0 Å². The normalized spacial score (nSPS) is 10.4. The number of hydrogen-bond acceptors (Lipinski definition) is 7. The predicted octanol–water partition coefficient (Wildman–Crippen LogP) is -0.547. The van der Waals surface area contributed by atoms with Crippen LogP contribution in [-0.4, -0.2) is 42.2 Å². The molecule has 0 aromatic carbocycles. The van der Waals surface area contributed by atoms with Crippen molar-refractivity contribution < 1.29 is 14.7 Å². The molecule has 0 fully saturated rings. The summed E-state index contributed by atoms with van der Waals surface area (Å²) in [4.78, 5) is 26.6. The molecular formula is C9H10N6O3S. The molecule has 0 aliphatic carbocycles. The number of carboxylic acid groups (broad SMARTS) is 1. The first-order chi connectivity index (χ1) is 9.06. The zero-order valence-electron chi connectivity index (χ0n) is 9.90. The SMILES string of the molecule is Cc1nc(CNC(=O)Cn2cnnn2)sc1C(=O)O. The highest BCUT2D eigenvalue weighted by Crippen LogP contribution is 2.17. The molecule has 9 nitrogen and oxygen atoms in total. The number of aryl methyl sites for hydroxylation is 1. The van der Waals surface area contributed by atoms with E-state index in [0.29, 0.717) is 10.7 Å². The second kappa shape index (κ2) is 5.52. The molecule has 2 rings (SSSR count). The Hall–Kier alpha value is -2.36. The maximum absolute atomic E-state index is 11.5. The summed E-state index contributed by atoms with van der Waals surface area (Å²) in [6.45, 7) is 1.80. The second-order valence-corrected chi connectivity index (χ2v) is 4.70. The zero-order chi connectivity index (χ0) is 13.8. The first-order valence-electron chi connectivity index (χ1n) is 5.23. The van der Waals surface area contributed by atoms with Gasteiger partial charge in [-0.2, -0.15) is 0 Å². The van der Waals surface area contributed by atoms with E-state index in [2.05, 4.69) is 25.8 Å². The first kappa shape index (κ1) is 13.1. The van der Waals surface area contributed by atoms with Gasteiger partial charge in [0.25, 0.3) is 0 Å². The standard InChI is InChI=1S/C9H10N6O3S/c1-5-8(9(17)18)19-7(12-5)2-10-6(16)3-15-4-11-13-14-15/h4H,2-3H2,1H3,(H,10,16)(H,17,18). The van der Waals surface area contributed by atoms with Crippen LogP contribution in [0.3, 0.4) is 0 Å². The molecule has 2 aromatic rings. The number of rotatable bonds is 5. The third-order valence-electron chi connectivity index (χ3n) is 2.17. The maximum atomic E-state index is 11.5. The lowest BCUT2D eigenvalue weighted by atomic mass is 10.4. The third-order valence-corrected chi connectivity index (χ3v) is 3.31. The minimum absolute atomic E-state index is 0.00312. The lowest BCUT2D eigenvalue weighted by molar-refractivity contribution is -0.122. The fraction of sp³-hybridized carbons (Fsp3) is 0.333. The Morgan fingerprint density at radius 2 is 2.32 bits per heavy atom. The number of carboxylic acids is 1. The Morgan fingerprint density at radius 3 is 2.89 bits per heavy atom. The van der Waals surface area contributed by atoms with Gasteiger partial charge in [0.1, 0.15) is 22.8 Å². The summed E-state index contributed by atoms with van der Waals surface area (Å²) in [6.07, 6.45) is 1.33. The van der Waals surface area contributed by atoms with E-state index in [-0.39, 0.29) is 23.9 Å². The van der Waals surface area contributed by atoms with Crippen molar-refractivity contribution in [2.24, 2.45) is 0 Å². The molecule has 0 atom stereocenters. The van der Waals surface area contributed by atoms with Gasteiger partial charge in [0.05, 0.1) is 12.2 Å². The monoisotopic (exact) mass is 282 g/mol. The zero-order valence-corrected chi connectivity index (χ0v) is 10.7. The molecule has 2 N–H and O–H groups in total. The Bertz CT molecular complexity index is 593. The molecule has 1 amide bonds. The fourth-order valence-corrected chi connectivity index (χ4v) is 2.20. The van der Waals surface area contributed by atoms with Crippen LogP contribution in [0.2, 0.25) is 0 Å². The molecule has 0 aliphatic rings. The van der Waals surface area contributed by atoms with Crippen LogP contribution in [0.15, 0.2) is 6.33 Å². The van der Waals surface area contributed by atoms with Gasteiger partial charge in [-0.3, -0.25) is 4.79 Å². The number of carbonyl (C=O) groups is 2. The summed E-state index contributed by atoms with van der Waals surface area (Å²) in [5.74, 6) is -1.29. The van der Waals surface area contributed by atoms with Crippen LogP contribution in [0.4, 0.5) is 0 Å². The number of tetrazole rings is 1. The molecule has 0 saturated carbocycles. The molecule has 100 valence electrons. The maximum Gasteiger partial charge on any atom is 0.347 e. The fourth-order valence-electron chi connectivity index (χ4n) is 1.36. The average Bonchev–Trinajstić information content (AvgIpc) is 2.96. The number of carbonyl (C=O) groups excluding carboxylic acids is 1. The van der Waals surface area contributed by atoms with Crippen molar-refractivity contribution in [2.75, 3.05) is 0 Å². The molecule has 0 aliphatic heterocycles. The van der Waals surface area contributed by atoms with E-state index in [1.165, 1.54) is 11.0 Å². The van der Waals surface area contributed by atoms with Crippen LogP contribution in [0, 0.1) is 6.92 Å². The predicted molar refractivity (Wildman–Crippen MR) is 63.5 cm³/mol. The van der Waals surface area contributed by atoms with Crippen molar-refractivity contribution in [2.45, 2.75) is 20.0 Å². The Balaban J connectivity index is 1.90. The van der Waals surface area contributed by atoms with E-state index >= 15 is 0 Å². The van der Waals surface area contributed by atoms with E-state index in [1.54, 1.807) is 6.92 Å². The minimum atomic E-state index is -1.01. The van der Waals surface area contributed by atoms with Crippen molar-refractivity contribution in [3.63, 3.8) is 0 Å². The number of nitrogens with one attached hydrogen (secondary N) is 1. The van der Waals surface area contributed by atoms with Crippen molar-refractivity contribution in [1.29, 1.82) is 0 Å². The van der Waals surface area contributed by atoms with Crippen molar-refractivity contribution in [3.05, 3.63) is 21.9 Å². The van der Waals surface area contributed by atoms with Gasteiger partial charge in [-0.25, -0.2) is 14.5 Å². The average molecular weight is 282 g/mol. The summed E-state index contributed by atoms with van der Waals surface area (Å²) in [7, 11) is 0. The van der Waals surface area contributed by atoms with Gasteiger partial charge in [-0.1, -0.05) is 0 Å². The second-order valence-electron chi connectivity index (χ2n) is 3.61. The van der Waals surface area contributed by atoms with Crippen LogP contribution in [-0.2, 0) is 17.9 Å². The Kier molecular flexibility index (Phi) is 3.80. The van der Waals surface area contributed by atoms with Crippen LogP contribution in [0.1, 0.15) is 20.4 Å². The first-order valence-corrected chi connectivity index (χ1v) is 6.05. The summed E-state index contributed by atoms with van der Waals surface area (Å²) >= 11 is 1.05. The van der Waals surface area contributed by atoms with E-state index in [0.717, 1.165) is 11.3 Å². The molecule has 0 saturated heterocycles. The molecule has 0 spiro atoms. The lowest BCUT2D eigenvalue weighted by Crippen LogP contribution is -2.27. The van der Waals surface area contributed by atoms with Crippen molar-refractivity contribution >= 4 is 23.2 Å². The quantitative estimate of drug-likeness (QED) is 0.754. The molecule has 2 heterocycles. The summed E-state index contributed by atoms with van der Waals surface area (Å²) < 4.78 is 1.28. The molecule has 0 unspecified atom stereocenters. The highest BCUT2D eigenvalue weighted by Gasteiger charge is 2.14. The van der Waals surface area contributed by atoms with Crippen LogP contribution >= 0.6 is 11.3 Å². The number of amides is 1. The van der Waals surface area contributed by atoms with Gasteiger partial charge in [0, 0.05) is 0 Å². The van der Waals surface area contributed by atoms with Gasteiger partial charge in [0.2, 0.25) is 5.91 Å². The highest BCUT2D eigenvalue weighted by molar-refractivity contribution is 7.13. The molecule has 10 heteroatoms. The number of thiazole rings is 1. The molecule has 2 aromatic heterocycles. The van der Waals surface area contributed by atoms with Crippen LogP contribution < -0.4 is 5.32 Å². The van der Waals surface area contributed by atoms with E-state index in [9.17, 15) is 9.59 Å². The molecule has 0 bridgehead atoms. The van der Waals surface area contributed by atoms with E-state index in [4.69, 9.17) is 5.11 Å². The Labute approximate surface area is 111 Å².